The molecule has 1 aromatic carbocycles. The number of aromatic amines is 1. The second-order valence-corrected chi connectivity index (χ2v) is 6.64. The summed E-state index contributed by atoms with van der Waals surface area (Å²) in [5.41, 5.74) is 1.98. The first-order valence-corrected chi connectivity index (χ1v) is 8.86. The predicted molar refractivity (Wildman–Crippen MR) is 101 cm³/mol. The molecule has 26 heavy (non-hydrogen) atoms. The molecule has 0 saturated heterocycles. The lowest BCUT2D eigenvalue weighted by molar-refractivity contribution is 0.0954. The van der Waals surface area contributed by atoms with Crippen LogP contribution in [0, 0.1) is 0 Å². The van der Waals surface area contributed by atoms with Crippen LogP contribution in [0.3, 0.4) is 0 Å². The minimum absolute atomic E-state index is 0.126. The molecular weight excluding hydrogens is 346 g/mol. The molecule has 0 radical (unpaired) electrons. The first-order chi connectivity index (χ1) is 12.8. The van der Waals surface area contributed by atoms with Crippen LogP contribution in [-0.2, 0) is 6.54 Å². The van der Waals surface area contributed by atoms with E-state index < -0.39 is 0 Å². The van der Waals surface area contributed by atoms with Gasteiger partial charge >= 0.3 is 0 Å². The van der Waals surface area contributed by atoms with Gasteiger partial charge in [0.2, 0.25) is 0 Å². The summed E-state index contributed by atoms with van der Waals surface area (Å²) in [6, 6.07) is 17.5. The van der Waals surface area contributed by atoms with E-state index in [-0.39, 0.29) is 12.5 Å². The summed E-state index contributed by atoms with van der Waals surface area (Å²) < 4.78 is 0. The summed E-state index contributed by atoms with van der Waals surface area (Å²) in [6.07, 6.45) is 3.38. The van der Waals surface area contributed by atoms with Gasteiger partial charge in [0.05, 0.1) is 11.4 Å². The van der Waals surface area contributed by atoms with Crippen LogP contribution in [0.15, 0.2) is 67.0 Å². The molecule has 3 aromatic heterocycles. The van der Waals surface area contributed by atoms with Crippen molar-refractivity contribution in [2.75, 3.05) is 0 Å². The van der Waals surface area contributed by atoms with E-state index in [1.807, 2.05) is 54.6 Å². The largest absolute Gasteiger partial charge is 0.344 e. The van der Waals surface area contributed by atoms with Gasteiger partial charge in [-0.1, -0.05) is 30.3 Å². The number of nitrogens with zero attached hydrogens (tertiary/aromatic N) is 3. The maximum Gasteiger partial charge on any atom is 0.261 e. The topological polar surface area (TPSA) is 83.6 Å². The SMILES string of the molecule is O=C(NCc1nc(-c2ccncc2)n[nH]1)c1ccc(-c2ccccc2)s1. The Kier molecular flexibility index (Phi) is 4.53. The third kappa shape index (κ3) is 3.52. The Morgan fingerprint density at radius 3 is 2.62 bits per heavy atom. The molecule has 0 aliphatic rings. The first-order valence-electron chi connectivity index (χ1n) is 8.05. The highest BCUT2D eigenvalue weighted by Gasteiger charge is 2.11. The predicted octanol–water partition coefficient (Wildman–Crippen LogP) is 3.53. The number of amides is 1. The van der Waals surface area contributed by atoms with Crippen molar-refractivity contribution in [3.05, 3.63) is 77.7 Å². The molecular formula is C19H15N5OS. The number of benzene rings is 1. The molecule has 0 saturated carbocycles. The number of hydrogen-bond acceptors (Lipinski definition) is 5. The summed E-state index contributed by atoms with van der Waals surface area (Å²) >= 11 is 1.47. The van der Waals surface area contributed by atoms with Crippen LogP contribution in [0.1, 0.15) is 15.5 Å². The lowest BCUT2D eigenvalue weighted by Gasteiger charge is -2.00. The zero-order valence-electron chi connectivity index (χ0n) is 13.7. The fourth-order valence-electron chi connectivity index (χ4n) is 2.47. The van der Waals surface area contributed by atoms with E-state index in [4.69, 9.17) is 0 Å². The van der Waals surface area contributed by atoms with Crippen LogP contribution in [0.5, 0.6) is 0 Å². The van der Waals surface area contributed by atoms with Gasteiger partial charge in [-0.15, -0.1) is 11.3 Å². The number of hydrogen-bond donors (Lipinski definition) is 2. The molecule has 7 heteroatoms. The van der Waals surface area contributed by atoms with Crippen molar-refractivity contribution < 1.29 is 4.79 Å². The number of carbonyl (C=O) groups is 1. The number of pyridine rings is 1. The van der Waals surface area contributed by atoms with Gasteiger partial charge in [-0.2, -0.15) is 5.10 Å². The zero-order chi connectivity index (χ0) is 17.8. The fraction of sp³-hybridized carbons (Fsp3) is 0.0526. The maximum absolute atomic E-state index is 12.4. The Bertz CT molecular complexity index is 1010. The van der Waals surface area contributed by atoms with Gasteiger partial charge in [0.15, 0.2) is 5.82 Å². The molecule has 2 N–H and O–H groups in total. The van der Waals surface area contributed by atoms with E-state index in [0.717, 1.165) is 16.0 Å². The molecule has 0 fully saturated rings. The van der Waals surface area contributed by atoms with Crippen molar-refractivity contribution >= 4 is 17.2 Å². The monoisotopic (exact) mass is 361 g/mol. The molecule has 1 amide bonds. The van der Waals surface area contributed by atoms with E-state index in [1.54, 1.807) is 12.4 Å². The van der Waals surface area contributed by atoms with Gasteiger partial charge in [-0.25, -0.2) is 4.98 Å². The Hall–Kier alpha value is -3.32. The average Bonchev–Trinajstić information content (AvgIpc) is 3.37. The zero-order valence-corrected chi connectivity index (χ0v) is 14.5. The second kappa shape index (κ2) is 7.28. The van der Waals surface area contributed by atoms with E-state index in [2.05, 4.69) is 25.5 Å². The Balaban J connectivity index is 1.40. The van der Waals surface area contributed by atoms with Crippen molar-refractivity contribution in [3.8, 4) is 21.8 Å². The standard InChI is InChI=1S/C19H15N5OS/c25-19(16-7-6-15(26-16)13-4-2-1-3-5-13)21-12-17-22-18(24-23-17)14-8-10-20-11-9-14/h1-11H,12H2,(H,21,25)(H,22,23,24). The minimum atomic E-state index is -0.126. The van der Waals surface area contributed by atoms with Crippen molar-refractivity contribution in [3.63, 3.8) is 0 Å². The van der Waals surface area contributed by atoms with Gasteiger partial charge in [0.25, 0.3) is 5.91 Å². The number of carbonyl (C=O) groups excluding carboxylic acids is 1. The van der Waals surface area contributed by atoms with E-state index in [0.29, 0.717) is 16.5 Å². The summed E-state index contributed by atoms with van der Waals surface area (Å²) in [6.45, 7) is 0.287. The average molecular weight is 361 g/mol. The van der Waals surface area contributed by atoms with Crippen molar-refractivity contribution in [1.29, 1.82) is 0 Å². The number of thiophene rings is 1. The summed E-state index contributed by atoms with van der Waals surface area (Å²) in [5, 5.41) is 9.89. The Labute approximate surface area is 154 Å². The molecule has 128 valence electrons. The van der Waals surface area contributed by atoms with Gasteiger partial charge in [0, 0.05) is 22.8 Å². The fourth-order valence-corrected chi connectivity index (χ4v) is 3.40. The van der Waals surface area contributed by atoms with Crippen LogP contribution in [-0.4, -0.2) is 26.1 Å². The third-order valence-corrected chi connectivity index (χ3v) is 4.91. The summed E-state index contributed by atoms with van der Waals surface area (Å²) in [5.74, 6) is 1.06. The summed E-state index contributed by atoms with van der Waals surface area (Å²) in [4.78, 5) is 22.5. The lowest BCUT2D eigenvalue weighted by Crippen LogP contribution is -2.22. The molecule has 6 nitrogen and oxygen atoms in total. The second-order valence-electron chi connectivity index (χ2n) is 5.55. The third-order valence-electron chi connectivity index (χ3n) is 3.77. The number of aromatic nitrogens is 4. The number of H-pyrrole nitrogens is 1. The molecule has 0 aliphatic carbocycles. The van der Waals surface area contributed by atoms with Crippen molar-refractivity contribution in [1.82, 2.24) is 25.5 Å². The van der Waals surface area contributed by atoms with E-state index in [9.17, 15) is 4.79 Å². The molecule has 0 bridgehead atoms. The highest BCUT2D eigenvalue weighted by Crippen LogP contribution is 2.27. The number of nitrogens with one attached hydrogen (secondary N) is 2. The normalized spacial score (nSPS) is 10.6. The number of rotatable bonds is 5. The Morgan fingerprint density at radius 2 is 1.81 bits per heavy atom. The summed E-state index contributed by atoms with van der Waals surface area (Å²) in [7, 11) is 0. The van der Waals surface area contributed by atoms with Crippen molar-refractivity contribution in [2.45, 2.75) is 6.54 Å². The van der Waals surface area contributed by atoms with Crippen LogP contribution in [0.2, 0.25) is 0 Å². The first kappa shape index (κ1) is 16.2. The van der Waals surface area contributed by atoms with Crippen LogP contribution < -0.4 is 5.32 Å². The maximum atomic E-state index is 12.4. The van der Waals surface area contributed by atoms with Crippen LogP contribution in [0.4, 0.5) is 0 Å². The molecule has 0 spiro atoms. The van der Waals surface area contributed by atoms with Gasteiger partial charge in [-0.3, -0.25) is 14.9 Å². The molecule has 4 rings (SSSR count). The van der Waals surface area contributed by atoms with Crippen molar-refractivity contribution in [2.24, 2.45) is 0 Å². The minimum Gasteiger partial charge on any atom is -0.344 e. The Morgan fingerprint density at radius 1 is 1.00 bits per heavy atom. The quantitative estimate of drug-likeness (QED) is 0.570. The highest BCUT2D eigenvalue weighted by molar-refractivity contribution is 7.17. The lowest BCUT2D eigenvalue weighted by atomic mass is 10.2. The molecule has 0 aliphatic heterocycles. The molecule has 0 atom stereocenters. The molecule has 3 heterocycles. The van der Waals surface area contributed by atoms with Gasteiger partial charge < -0.3 is 5.32 Å². The van der Waals surface area contributed by atoms with E-state index >= 15 is 0 Å². The smallest absolute Gasteiger partial charge is 0.261 e. The van der Waals surface area contributed by atoms with Gasteiger partial charge in [0.1, 0.15) is 5.82 Å². The van der Waals surface area contributed by atoms with Crippen LogP contribution >= 0.6 is 11.3 Å². The molecule has 4 aromatic rings. The van der Waals surface area contributed by atoms with E-state index in [1.165, 1.54) is 11.3 Å². The molecule has 0 unspecified atom stereocenters. The van der Waals surface area contributed by atoms with Gasteiger partial charge in [-0.05, 0) is 29.8 Å². The highest BCUT2D eigenvalue weighted by atomic mass is 32.1. The van der Waals surface area contributed by atoms with Crippen LogP contribution in [0.25, 0.3) is 21.8 Å².